The first-order valence-electron chi connectivity index (χ1n) is 5.65. The number of nitrogens with zero attached hydrogens (tertiary/aromatic N) is 3. The van der Waals surface area contributed by atoms with E-state index < -0.39 is 0 Å². The molecule has 1 aliphatic heterocycles. The lowest BCUT2D eigenvalue weighted by atomic mass is 9.99. The van der Waals surface area contributed by atoms with Gasteiger partial charge < -0.3 is 0 Å². The highest BCUT2D eigenvalue weighted by atomic mass is 16.2. The number of hydrazone groups is 1. The number of rotatable bonds is 1. The number of hydrogen-bond donors (Lipinski definition) is 1. The number of aryl methyl sites for hydroxylation is 2. The summed E-state index contributed by atoms with van der Waals surface area (Å²) < 4.78 is 1.41. The van der Waals surface area contributed by atoms with Crippen LogP contribution in [-0.2, 0) is 11.8 Å². The minimum Gasteiger partial charge on any atom is -0.300 e. The van der Waals surface area contributed by atoms with Gasteiger partial charge in [0.05, 0.1) is 16.8 Å². The summed E-state index contributed by atoms with van der Waals surface area (Å²) in [5.74, 6) is -0.173. The summed E-state index contributed by atoms with van der Waals surface area (Å²) in [6.45, 7) is 5.37. The van der Waals surface area contributed by atoms with Gasteiger partial charge >= 0.3 is 0 Å². The second kappa shape index (κ2) is 3.97. The van der Waals surface area contributed by atoms with Gasteiger partial charge in [-0.3, -0.25) is 19.4 Å². The van der Waals surface area contributed by atoms with Crippen LogP contribution in [0.2, 0.25) is 0 Å². The largest absolute Gasteiger partial charge is 0.300 e. The molecule has 0 atom stereocenters. The van der Waals surface area contributed by atoms with Crippen molar-refractivity contribution < 1.29 is 4.79 Å². The molecule has 0 spiro atoms. The number of hydrogen-bond acceptors (Lipinski definition) is 3. The first-order chi connectivity index (χ1) is 8.34. The molecule has 1 N–H and O–H groups in total. The van der Waals surface area contributed by atoms with Gasteiger partial charge in [-0.2, -0.15) is 5.10 Å². The number of likely N-dealkylation sites (N-methyl/N-ethyl adjacent to an activating group) is 1. The topological polar surface area (TPSA) is 70.5 Å². The number of amides is 1. The van der Waals surface area contributed by atoms with Crippen molar-refractivity contribution >= 4 is 17.2 Å². The van der Waals surface area contributed by atoms with E-state index >= 15 is 0 Å². The Labute approximate surface area is 105 Å². The molecule has 1 aliphatic rings. The van der Waals surface area contributed by atoms with Crippen molar-refractivity contribution in [3.05, 3.63) is 27.2 Å². The van der Waals surface area contributed by atoms with Crippen LogP contribution in [0.5, 0.6) is 0 Å². The van der Waals surface area contributed by atoms with Crippen molar-refractivity contribution in [3.63, 3.8) is 0 Å². The summed E-state index contributed by atoms with van der Waals surface area (Å²) in [6.07, 6.45) is 0. The van der Waals surface area contributed by atoms with Crippen LogP contribution in [0.4, 0.5) is 0 Å². The van der Waals surface area contributed by atoms with Crippen LogP contribution in [0.3, 0.4) is 0 Å². The van der Waals surface area contributed by atoms with Gasteiger partial charge in [-0.15, -0.1) is 0 Å². The smallest absolute Gasteiger partial charge is 0.275 e. The molecule has 0 radical (unpaired) electrons. The monoisotopic (exact) mass is 248 g/mol. The molecule has 2 rings (SSSR count). The van der Waals surface area contributed by atoms with E-state index in [1.165, 1.54) is 9.69 Å². The molecule has 0 aliphatic carbocycles. The van der Waals surface area contributed by atoms with Gasteiger partial charge in [-0.05, 0) is 26.3 Å². The summed E-state index contributed by atoms with van der Waals surface area (Å²) in [7, 11) is 3.26. The van der Waals surface area contributed by atoms with Crippen LogP contribution in [0.15, 0.2) is 15.5 Å². The summed E-state index contributed by atoms with van der Waals surface area (Å²) in [5.41, 5.74) is 2.99. The van der Waals surface area contributed by atoms with Crippen LogP contribution in [-0.4, -0.2) is 33.5 Å². The zero-order valence-electron chi connectivity index (χ0n) is 11.2. The maximum Gasteiger partial charge on any atom is 0.275 e. The second-order valence-electron chi connectivity index (χ2n) is 4.49. The molecular formula is C12H16N4O2. The second-order valence-corrected chi connectivity index (χ2v) is 4.49. The van der Waals surface area contributed by atoms with Crippen LogP contribution in [0.25, 0.3) is 5.57 Å². The molecule has 0 unspecified atom stereocenters. The molecule has 1 amide bonds. The average molecular weight is 248 g/mol. The van der Waals surface area contributed by atoms with E-state index in [1.54, 1.807) is 27.9 Å². The van der Waals surface area contributed by atoms with E-state index in [0.717, 1.165) is 5.69 Å². The number of H-pyrrole nitrogens is 1. The van der Waals surface area contributed by atoms with E-state index in [9.17, 15) is 9.59 Å². The highest BCUT2D eigenvalue weighted by Crippen LogP contribution is 2.24. The van der Waals surface area contributed by atoms with E-state index in [1.807, 2.05) is 6.92 Å². The zero-order valence-corrected chi connectivity index (χ0v) is 11.2. The highest BCUT2D eigenvalue weighted by Gasteiger charge is 2.28. The van der Waals surface area contributed by atoms with Crippen molar-refractivity contribution in [2.45, 2.75) is 20.8 Å². The highest BCUT2D eigenvalue weighted by molar-refractivity contribution is 6.28. The van der Waals surface area contributed by atoms with Crippen LogP contribution in [0, 0.1) is 6.92 Å². The molecule has 6 heteroatoms. The fourth-order valence-electron chi connectivity index (χ4n) is 2.32. The first kappa shape index (κ1) is 12.3. The summed E-state index contributed by atoms with van der Waals surface area (Å²) >= 11 is 0. The Morgan fingerprint density at radius 3 is 2.22 bits per heavy atom. The molecule has 0 aromatic carbocycles. The Balaban J connectivity index is 2.69. The Morgan fingerprint density at radius 2 is 1.83 bits per heavy atom. The summed E-state index contributed by atoms with van der Waals surface area (Å²) in [6, 6.07) is 0. The number of carbonyl (C=O) groups is 1. The molecule has 96 valence electrons. The minimum absolute atomic E-state index is 0.132. The van der Waals surface area contributed by atoms with Crippen LogP contribution >= 0.6 is 0 Å². The molecular weight excluding hydrogens is 232 g/mol. The van der Waals surface area contributed by atoms with Gasteiger partial charge in [0, 0.05) is 19.8 Å². The fraction of sp³-hybridized carbons (Fsp3) is 0.417. The quantitative estimate of drug-likeness (QED) is 0.741. The van der Waals surface area contributed by atoms with Crippen molar-refractivity contribution in [3.8, 4) is 0 Å². The van der Waals surface area contributed by atoms with Gasteiger partial charge in [-0.1, -0.05) is 0 Å². The zero-order chi connectivity index (χ0) is 13.6. The third-order valence-electron chi connectivity index (χ3n) is 3.15. The standard InChI is InChI=1S/C12H16N4O2/c1-6(9-7(2)13-15(4)11(9)17)10-8(3)14-16(5)12(10)18/h13H,1-5H3. The maximum absolute atomic E-state index is 12.0. The lowest BCUT2D eigenvalue weighted by molar-refractivity contribution is -0.124. The molecule has 0 bridgehead atoms. The molecule has 1 aromatic heterocycles. The van der Waals surface area contributed by atoms with Gasteiger partial charge in [-0.25, -0.2) is 5.01 Å². The Morgan fingerprint density at radius 1 is 1.22 bits per heavy atom. The molecule has 0 fully saturated rings. The summed E-state index contributed by atoms with van der Waals surface area (Å²) in [5, 5.41) is 8.31. The maximum atomic E-state index is 12.0. The fourth-order valence-corrected chi connectivity index (χ4v) is 2.32. The van der Waals surface area contributed by atoms with Crippen molar-refractivity contribution in [2.24, 2.45) is 12.1 Å². The number of aromatic amines is 1. The van der Waals surface area contributed by atoms with Crippen LogP contribution < -0.4 is 5.56 Å². The van der Waals surface area contributed by atoms with Gasteiger partial charge in [0.25, 0.3) is 11.5 Å². The van der Waals surface area contributed by atoms with Crippen LogP contribution in [0.1, 0.15) is 25.1 Å². The Bertz CT molecular complexity index is 646. The predicted octanol–water partition coefficient (Wildman–Crippen LogP) is 0.643. The normalized spacial score (nSPS) is 18.4. The number of nitrogens with one attached hydrogen (secondary N) is 1. The van der Waals surface area contributed by atoms with E-state index in [4.69, 9.17) is 0 Å². The molecule has 6 nitrogen and oxygen atoms in total. The lowest BCUT2D eigenvalue weighted by Crippen LogP contribution is -2.20. The predicted molar refractivity (Wildman–Crippen MR) is 69.2 cm³/mol. The van der Waals surface area contributed by atoms with E-state index in [2.05, 4.69) is 10.2 Å². The number of allylic oxidation sites excluding steroid dienone is 1. The van der Waals surface area contributed by atoms with Gasteiger partial charge in [0.1, 0.15) is 0 Å². The van der Waals surface area contributed by atoms with Gasteiger partial charge in [0.15, 0.2) is 0 Å². The van der Waals surface area contributed by atoms with Crippen molar-refractivity contribution in [2.75, 3.05) is 7.05 Å². The first-order valence-corrected chi connectivity index (χ1v) is 5.65. The summed E-state index contributed by atoms with van der Waals surface area (Å²) in [4.78, 5) is 24.0. The molecule has 0 saturated carbocycles. The minimum atomic E-state index is -0.173. The lowest BCUT2D eigenvalue weighted by Gasteiger charge is -2.05. The molecule has 18 heavy (non-hydrogen) atoms. The third kappa shape index (κ3) is 1.61. The van der Waals surface area contributed by atoms with E-state index in [0.29, 0.717) is 22.4 Å². The molecule has 1 aromatic rings. The molecule has 2 heterocycles. The third-order valence-corrected chi connectivity index (χ3v) is 3.15. The van der Waals surface area contributed by atoms with Crippen molar-refractivity contribution in [1.82, 2.24) is 14.8 Å². The number of aromatic nitrogens is 2. The Hall–Kier alpha value is -2.11. The SMILES string of the molecule is CC1=NN(C)C(=O)C1=C(C)c1c(C)[nH]n(C)c1=O. The average Bonchev–Trinajstić information content (AvgIpc) is 2.66. The number of carbonyl (C=O) groups excluding carboxylic acids is 1. The van der Waals surface area contributed by atoms with Crippen molar-refractivity contribution in [1.29, 1.82) is 0 Å². The Kier molecular flexibility index (Phi) is 2.73. The van der Waals surface area contributed by atoms with Gasteiger partial charge in [0.2, 0.25) is 0 Å². The van der Waals surface area contributed by atoms with E-state index in [-0.39, 0.29) is 11.5 Å². The molecule has 0 saturated heterocycles.